The molecule has 5 heteroatoms. The van der Waals surface area contributed by atoms with Crippen LogP contribution in [0.25, 0.3) is 0 Å². The van der Waals surface area contributed by atoms with Gasteiger partial charge < -0.3 is 10.1 Å². The van der Waals surface area contributed by atoms with Crippen molar-refractivity contribution in [1.29, 1.82) is 5.26 Å². The molecule has 100 valence electrons. The van der Waals surface area contributed by atoms with E-state index in [0.29, 0.717) is 27.5 Å². The number of nitrogens with one attached hydrogen (secondary N) is 1. The number of methoxy groups -OCH3 is 1. The van der Waals surface area contributed by atoms with Crippen molar-refractivity contribution in [3.8, 4) is 11.8 Å². The third kappa shape index (κ3) is 2.76. The quantitative estimate of drug-likeness (QED) is 0.851. The summed E-state index contributed by atoms with van der Waals surface area (Å²) in [5, 5.41) is 11.8. The number of thiol groups is 1. The molecule has 20 heavy (non-hydrogen) atoms. The smallest absolute Gasteiger partial charge is 0.256 e. The summed E-state index contributed by atoms with van der Waals surface area (Å²) in [6.45, 7) is 0. The number of ether oxygens (including phenoxy) is 1. The maximum atomic E-state index is 12.2. The lowest BCUT2D eigenvalue weighted by molar-refractivity contribution is 0.102. The number of nitrogens with zero attached hydrogens (tertiary/aromatic N) is 1. The minimum Gasteiger partial charge on any atom is -0.495 e. The lowest BCUT2D eigenvalue weighted by Crippen LogP contribution is -2.14. The maximum absolute atomic E-state index is 12.2. The summed E-state index contributed by atoms with van der Waals surface area (Å²) in [6, 6.07) is 14.0. The van der Waals surface area contributed by atoms with E-state index in [1.807, 2.05) is 6.07 Å². The van der Waals surface area contributed by atoms with Gasteiger partial charge in [0.25, 0.3) is 5.91 Å². The standard InChI is InChI=1S/C15H12N2O2S/c1-19-12-7-4-5-10(9-16)14(12)17-15(18)11-6-2-3-8-13(11)20/h2-8,20H,1H3,(H,17,18). The Balaban J connectivity index is 2.38. The highest BCUT2D eigenvalue weighted by Crippen LogP contribution is 2.28. The number of para-hydroxylation sites is 1. The molecule has 0 fully saturated rings. The number of hydrogen-bond donors (Lipinski definition) is 2. The van der Waals surface area contributed by atoms with Crippen LogP contribution < -0.4 is 10.1 Å². The first-order valence-electron chi connectivity index (χ1n) is 5.84. The second-order valence-corrected chi connectivity index (χ2v) is 4.45. The number of rotatable bonds is 3. The molecular formula is C15H12N2O2S. The summed E-state index contributed by atoms with van der Waals surface area (Å²) < 4.78 is 5.17. The molecule has 0 saturated heterocycles. The fourth-order valence-corrected chi connectivity index (χ4v) is 2.03. The van der Waals surface area contributed by atoms with Crippen molar-refractivity contribution in [3.05, 3.63) is 53.6 Å². The lowest BCUT2D eigenvalue weighted by atomic mass is 10.1. The zero-order valence-corrected chi connectivity index (χ0v) is 11.6. The van der Waals surface area contributed by atoms with Crippen LogP contribution >= 0.6 is 12.6 Å². The third-order valence-electron chi connectivity index (χ3n) is 2.75. The molecule has 2 aromatic rings. The topological polar surface area (TPSA) is 62.1 Å². The fraction of sp³-hybridized carbons (Fsp3) is 0.0667. The van der Waals surface area contributed by atoms with Crippen molar-refractivity contribution in [2.75, 3.05) is 12.4 Å². The highest BCUT2D eigenvalue weighted by Gasteiger charge is 2.15. The molecular weight excluding hydrogens is 272 g/mol. The van der Waals surface area contributed by atoms with Crippen LogP contribution in [0, 0.1) is 11.3 Å². The van der Waals surface area contributed by atoms with Gasteiger partial charge in [-0.15, -0.1) is 12.6 Å². The molecule has 0 spiro atoms. The molecule has 0 aromatic heterocycles. The van der Waals surface area contributed by atoms with E-state index in [1.165, 1.54) is 7.11 Å². The van der Waals surface area contributed by atoms with Gasteiger partial charge in [-0.3, -0.25) is 4.79 Å². The van der Waals surface area contributed by atoms with Gasteiger partial charge in [0.15, 0.2) is 0 Å². The van der Waals surface area contributed by atoms with E-state index >= 15 is 0 Å². The first kappa shape index (κ1) is 14.0. The maximum Gasteiger partial charge on any atom is 0.256 e. The van der Waals surface area contributed by atoms with E-state index in [2.05, 4.69) is 17.9 Å². The largest absolute Gasteiger partial charge is 0.495 e. The molecule has 0 radical (unpaired) electrons. The molecule has 0 bridgehead atoms. The Morgan fingerprint density at radius 3 is 2.65 bits per heavy atom. The number of hydrogen-bond acceptors (Lipinski definition) is 4. The molecule has 2 aromatic carbocycles. The van der Waals surface area contributed by atoms with Gasteiger partial charge in [0.1, 0.15) is 17.5 Å². The molecule has 1 amide bonds. The Morgan fingerprint density at radius 1 is 1.25 bits per heavy atom. The zero-order chi connectivity index (χ0) is 14.5. The van der Waals surface area contributed by atoms with Crippen molar-refractivity contribution in [1.82, 2.24) is 0 Å². The summed E-state index contributed by atoms with van der Waals surface area (Å²) in [5.74, 6) is 0.102. The molecule has 0 aliphatic heterocycles. The Hall–Kier alpha value is -2.45. The summed E-state index contributed by atoms with van der Waals surface area (Å²) in [5.41, 5.74) is 1.14. The van der Waals surface area contributed by atoms with Crippen molar-refractivity contribution in [3.63, 3.8) is 0 Å². The van der Waals surface area contributed by atoms with Gasteiger partial charge in [0, 0.05) is 4.90 Å². The lowest BCUT2D eigenvalue weighted by Gasteiger charge is -2.12. The molecule has 0 aliphatic rings. The van der Waals surface area contributed by atoms with Gasteiger partial charge >= 0.3 is 0 Å². The highest BCUT2D eigenvalue weighted by atomic mass is 32.1. The van der Waals surface area contributed by atoms with Crippen LogP contribution in [0.4, 0.5) is 5.69 Å². The van der Waals surface area contributed by atoms with Gasteiger partial charge in [-0.2, -0.15) is 5.26 Å². The Morgan fingerprint density at radius 2 is 2.00 bits per heavy atom. The highest BCUT2D eigenvalue weighted by molar-refractivity contribution is 7.80. The number of nitriles is 1. The Kier molecular flexibility index (Phi) is 4.28. The molecule has 0 saturated carbocycles. The van der Waals surface area contributed by atoms with Crippen molar-refractivity contribution < 1.29 is 9.53 Å². The van der Waals surface area contributed by atoms with Crippen LogP contribution in [0.15, 0.2) is 47.4 Å². The zero-order valence-electron chi connectivity index (χ0n) is 10.8. The van der Waals surface area contributed by atoms with Gasteiger partial charge in [-0.25, -0.2) is 0 Å². The van der Waals surface area contributed by atoms with Gasteiger partial charge in [0.2, 0.25) is 0 Å². The van der Waals surface area contributed by atoms with Crippen LogP contribution in [-0.2, 0) is 0 Å². The van der Waals surface area contributed by atoms with E-state index < -0.39 is 0 Å². The summed E-state index contributed by atoms with van der Waals surface area (Å²) in [7, 11) is 1.48. The second kappa shape index (κ2) is 6.13. The number of carbonyl (C=O) groups is 1. The minimum atomic E-state index is -0.336. The van der Waals surface area contributed by atoms with Crippen molar-refractivity contribution >= 4 is 24.2 Å². The molecule has 0 unspecified atom stereocenters. The molecule has 1 N–H and O–H groups in total. The average Bonchev–Trinajstić information content (AvgIpc) is 2.47. The van der Waals surface area contributed by atoms with Crippen LogP contribution in [-0.4, -0.2) is 13.0 Å². The predicted molar refractivity (Wildman–Crippen MR) is 79.4 cm³/mol. The van der Waals surface area contributed by atoms with E-state index in [1.54, 1.807) is 42.5 Å². The molecule has 2 rings (SSSR count). The number of amides is 1. The van der Waals surface area contributed by atoms with Crippen molar-refractivity contribution in [2.45, 2.75) is 4.90 Å². The van der Waals surface area contributed by atoms with E-state index in [4.69, 9.17) is 10.00 Å². The summed E-state index contributed by atoms with van der Waals surface area (Å²) in [4.78, 5) is 12.8. The Bertz CT molecular complexity index is 693. The fourth-order valence-electron chi connectivity index (χ4n) is 1.77. The normalized spacial score (nSPS) is 9.65. The second-order valence-electron chi connectivity index (χ2n) is 3.97. The molecule has 0 aliphatic carbocycles. The van der Waals surface area contributed by atoms with Gasteiger partial charge in [-0.1, -0.05) is 18.2 Å². The number of anilines is 1. The van der Waals surface area contributed by atoms with Gasteiger partial charge in [-0.05, 0) is 24.3 Å². The van der Waals surface area contributed by atoms with Crippen molar-refractivity contribution in [2.24, 2.45) is 0 Å². The summed E-state index contributed by atoms with van der Waals surface area (Å²) >= 11 is 4.24. The molecule has 4 nitrogen and oxygen atoms in total. The summed E-state index contributed by atoms with van der Waals surface area (Å²) in [6.07, 6.45) is 0. The molecule has 0 heterocycles. The van der Waals surface area contributed by atoms with E-state index in [-0.39, 0.29) is 5.91 Å². The van der Waals surface area contributed by atoms with E-state index in [0.717, 1.165) is 0 Å². The first-order valence-corrected chi connectivity index (χ1v) is 6.28. The minimum absolute atomic E-state index is 0.336. The average molecular weight is 284 g/mol. The third-order valence-corrected chi connectivity index (χ3v) is 3.14. The van der Waals surface area contributed by atoms with Crippen LogP contribution in [0.5, 0.6) is 5.75 Å². The van der Waals surface area contributed by atoms with E-state index in [9.17, 15) is 4.79 Å². The van der Waals surface area contributed by atoms with Crippen LogP contribution in [0.2, 0.25) is 0 Å². The molecule has 0 atom stereocenters. The van der Waals surface area contributed by atoms with Crippen LogP contribution in [0.1, 0.15) is 15.9 Å². The van der Waals surface area contributed by atoms with Gasteiger partial charge in [0.05, 0.1) is 18.2 Å². The first-order chi connectivity index (χ1) is 9.67. The monoisotopic (exact) mass is 284 g/mol. The predicted octanol–water partition coefficient (Wildman–Crippen LogP) is 3.11. The SMILES string of the molecule is COc1cccc(C#N)c1NC(=O)c1ccccc1S. The van der Waals surface area contributed by atoms with Crippen LogP contribution in [0.3, 0.4) is 0 Å². The Labute approximate surface area is 122 Å². The number of benzene rings is 2. The number of carbonyl (C=O) groups excluding carboxylic acids is 1.